The van der Waals surface area contributed by atoms with Crippen LogP contribution in [0.25, 0.3) is 0 Å². The molecule has 0 saturated heterocycles. The van der Waals surface area contributed by atoms with Gasteiger partial charge in [0.25, 0.3) is 0 Å². The van der Waals surface area contributed by atoms with E-state index in [-0.39, 0.29) is 0 Å². The van der Waals surface area contributed by atoms with Crippen molar-refractivity contribution in [2.24, 2.45) is 0 Å². The number of pyridine rings is 1. The number of hydrogen-bond acceptors (Lipinski definition) is 3. The molecule has 1 heterocycles. The smallest absolute Gasteiger partial charge is 0.140 e. The molecule has 96 valence electrons. The predicted octanol–water partition coefficient (Wildman–Crippen LogP) is 4.20. The summed E-state index contributed by atoms with van der Waals surface area (Å²) in [6, 6.07) is 2.39. The molecule has 1 rings (SSSR count). The highest BCUT2D eigenvalue weighted by molar-refractivity contribution is 9.10. The molecule has 0 saturated carbocycles. The first kappa shape index (κ1) is 14.3. The van der Waals surface area contributed by atoms with Gasteiger partial charge in [-0.25, -0.2) is 4.98 Å². The molecule has 1 atom stereocenters. The second kappa shape index (κ2) is 7.54. The number of hydrogen-bond donors (Lipinski definition) is 2. The van der Waals surface area contributed by atoms with Gasteiger partial charge in [-0.2, -0.15) is 0 Å². The number of halogens is 1. The number of nitrogens with zero attached hydrogens (tertiary/aromatic N) is 1. The number of nitrogens with one attached hydrogen (secondary N) is 1. The number of anilines is 2. The summed E-state index contributed by atoms with van der Waals surface area (Å²) in [6.45, 7) is 4.44. The maximum Gasteiger partial charge on any atom is 0.140 e. The SMILES string of the molecule is CCCCC(CCC)Nc1ncc(N)cc1Br. The minimum atomic E-state index is 0.507. The standard InChI is InChI=1S/C13H22BrN3/c1-3-5-7-11(6-4-2)17-13-12(14)8-10(15)9-16-13/h8-9,11H,3-7,15H2,1-2H3,(H,16,17). The minimum absolute atomic E-state index is 0.507. The molecule has 0 aromatic carbocycles. The molecule has 0 aliphatic heterocycles. The molecule has 0 amide bonds. The van der Waals surface area contributed by atoms with Gasteiger partial charge in [0.15, 0.2) is 0 Å². The molecule has 0 bridgehead atoms. The van der Waals surface area contributed by atoms with Crippen LogP contribution in [0, 0.1) is 0 Å². The van der Waals surface area contributed by atoms with Gasteiger partial charge < -0.3 is 11.1 Å². The van der Waals surface area contributed by atoms with Gasteiger partial charge in [0, 0.05) is 6.04 Å². The lowest BCUT2D eigenvalue weighted by Gasteiger charge is -2.19. The van der Waals surface area contributed by atoms with Crippen molar-refractivity contribution in [1.29, 1.82) is 0 Å². The summed E-state index contributed by atoms with van der Waals surface area (Å²) in [6.07, 6.45) is 7.74. The molecular formula is C13H22BrN3. The molecule has 3 N–H and O–H groups in total. The predicted molar refractivity (Wildman–Crippen MR) is 78.2 cm³/mol. The summed E-state index contributed by atoms with van der Waals surface area (Å²) in [7, 11) is 0. The topological polar surface area (TPSA) is 50.9 Å². The Hall–Kier alpha value is -0.770. The van der Waals surface area contributed by atoms with Crippen LogP contribution >= 0.6 is 15.9 Å². The number of rotatable bonds is 7. The van der Waals surface area contributed by atoms with E-state index in [2.05, 4.69) is 40.1 Å². The Balaban J connectivity index is 2.64. The quantitative estimate of drug-likeness (QED) is 0.793. The Labute approximate surface area is 112 Å². The van der Waals surface area contributed by atoms with Crippen molar-refractivity contribution in [2.45, 2.75) is 52.0 Å². The van der Waals surface area contributed by atoms with Crippen molar-refractivity contribution in [3.63, 3.8) is 0 Å². The van der Waals surface area contributed by atoms with Gasteiger partial charge in [0.05, 0.1) is 16.4 Å². The monoisotopic (exact) mass is 299 g/mol. The summed E-state index contributed by atoms with van der Waals surface area (Å²) >= 11 is 3.49. The second-order valence-corrected chi connectivity index (χ2v) is 5.23. The molecule has 4 heteroatoms. The fourth-order valence-corrected chi connectivity index (χ4v) is 2.32. The largest absolute Gasteiger partial charge is 0.397 e. The molecule has 1 aromatic rings. The number of nitrogen functional groups attached to an aromatic ring is 1. The van der Waals surface area contributed by atoms with E-state index in [1.807, 2.05) is 6.07 Å². The van der Waals surface area contributed by atoms with Crippen LogP contribution in [-0.2, 0) is 0 Å². The van der Waals surface area contributed by atoms with Crippen LogP contribution in [0.2, 0.25) is 0 Å². The zero-order valence-electron chi connectivity index (χ0n) is 10.7. The van der Waals surface area contributed by atoms with Crippen molar-refractivity contribution < 1.29 is 0 Å². The van der Waals surface area contributed by atoms with Gasteiger partial charge >= 0.3 is 0 Å². The van der Waals surface area contributed by atoms with Crippen LogP contribution in [-0.4, -0.2) is 11.0 Å². The van der Waals surface area contributed by atoms with Crippen molar-refractivity contribution in [3.8, 4) is 0 Å². The maximum atomic E-state index is 5.68. The Kier molecular flexibility index (Phi) is 6.34. The molecule has 17 heavy (non-hydrogen) atoms. The maximum absolute atomic E-state index is 5.68. The van der Waals surface area contributed by atoms with Gasteiger partial charge in [0.2, 0.25) is 0 Å². The first-order valence-corrected chi connectivity index (χ1v) is 7.14. The molecule has 3 nitrogen and oxygen atoms in total. The summed E-state index contributed by atoms with van der Waals surface area (Å²) in [5.74, 6) is 0.897. The van der Waals surface area contributed by atoms with Crippen LogP contribution in [0.5, 0.6) is 0 Å². The molecule has 0 aliphatic carbocycles. The molecule has 0 aliphatic rings. The van der Waals surface area contributed by atoms with Gasteiger partial charge in [-0.15, -0.1) is 0 Å². The van der Waals surface area contributed by atoms with Crippen molar-refractivity contribution in [3.05, 3.63) is 16.7 Å². The normalized spacial score (nSPS) is 12.4. The molecule has 1 unspecified atom stereocenters. The van der Waals surface area contributed by atoms with Crippen LogP contribution in [0.1, 0.15) is 46.0 Å². The lowest BCUT2D eigenvalue weighted by Crippen LogP contribution is -2.20. The van der Waals surface area contributed by atoms with Crippen LogP contribution in [0.3, 0.4) is 0 Å². The van der Waals surface area contributed by atoms with E-state index in [1.165, 1.54) is 32.1 Å². The highest BCUT2D eigenvalue weighted by atomic mass is 79.9. The molecular weight excluding hydrogens is 278 g/mol. The van der Waals surface area contributed by atoms with Crippen molar-refractivity contribution in [1.82, 2.24) is 4.98 Å². The first-order valence-electron chi connectivity index (χ1n) is 6.34. The van der Waals surface area contributed by atoms with E-state index < -0.39 is 0 Å². The Morgan fingerprint density at radius 2 is 2.12 bits per heavy atom. The van der Waals surface area contributed by atoms with Crippen LogP contribution < -0.4 is 11.1 Å². The average Bonchev–Trinajstić information content (AvgIpc) is 2.29. The van der Waals surface area contributed by atoms with E-state index in [4.69, 9.17) is 5.73 Å². The lowest BCUT2D eigenvalue weighted by atomic mass is 10.1. The van der Waals surface area contributed by atoms with Crippen molar-refractivity contribution in [2.75, 3.05) is 11.1 Å². The third-order valence-electron chi connectivity index (χ3n) is 2.75. The highest BCUT2D eigenvalue weighted by Crippen LogP contribution is 2.24. The molecule has 0 spiro atoms. The van der Waals surface area contributed by atoms with Gasteiger partial charge in [-0.3, -0.25) is 0 Å². The van der Waals surface area contributed by atoms with Gasteiger partial charge in [0.1, 0.15) is 5.82 Å². The molecule has 1 aromatic heterocycles. The molecule has 0 fully saturated rings. The molecule has 0 radical (unpaired) electrons. The Morgan fingerprint density at radius 3 is 2.71 bits per heavy atom. The summed E-state index contributed by atoms with van der Waals surface area (Å²) < 4.78 is 0.940. The van der Waals surface area contributed by atoms with Crippen LogP contribution in [0.15, 0.2) is 16.7 Å². The fraction of sp³-hybridized carbons (Fsp3) is 0.615. The second-order valence-electron chi connectivity index (χ2n) is 4.37. The van der Waals surface area contributed by atoms with E-state index in [0.717, 1.165) is 10.3 Å². The number of nitrogens with two attached hydrogens (primary N) is 1. The van der Waals surface area contributed by atoms with Gasteiger partial charge in [-0.05, 0) is 34.8 Å². The third kappa shape index (κ3) is 4.94. The Bertz CT molecular complexity index is 341. The van der Waals surface area contributed by atoms with E-state index in [1.54, 1.807) is 6.20 Å². The lowest BCUT2D eigenvalue weighted by molar-refractivity contribution is 0.562. The van der Waals surface area contributed by atoms with E-state index in [0.29, 0.717) is 11.7 Å². The average molecular weight is 300 g/mol. The first-order chi connectivity index (χ1) is 8.17. The zero-order chi connectivity index (χ0) is 12.7. The number of unbranched alkanes of at least 4 members (excludes halogenated alkanes) is 1. The van der Waals surface area contributed by atoms with E-state index in [9.17, 15) is 0 Å². The fourth-order valence-electron chi connectivity index (χ4n) is 1.84. The third-order valence-corrected chi connectivity index (χ3v) is 3.35. The Morgan fingerprint density at radius 1 is 1.35 bits per heavy atom. The summed E-state index contributed by atoms with van der Waals surface area (Å²) in [5, 5.41) is 3.50. The minimum Gasteiger partial charge on any atom is -0.397 e. The highest BCUT2D eigenvalue weighted by Gasteiger charge is 2.10. The van der Waals surface area contributed by atoms with Crippen molar-refractivity contribution >= 4 is 27.4 Å². The summed E-state index contributed by atoms with van der Waals surface area (Å²) in [5.41, 5.74) is 6.36. The zero-order valence-corrected chi connectivity index (χ0v) is 12.3. The summed E-state index contributed by atoms with van der Waals surface area (Å²) in [4.78, 5) is 4.32. The van der Waals surface area contributed by atoms with E-state index >= 15 is 0 Å². The van der Waals surface area contributed by atoms with Crippen LogP contribution in [0.4, 0.5) is 11.5 Å². The number of aromatic nitrogens is 1. The van der Waals surface area contributed by atoms with Gasteiger partial charge in [-0.1, -0.05) is 33.1 Å².